The van der Waals surface area contributed by atoms with Crippen molar-refractivity contribution in [3.05, 3.63) is 58.6 Å². The van der Waals surface area contributed by atoms with Crippen LogP contribution in [0.1, 0.15) is 5.56 Å². The van der Waals surface area contributed by atoms with Crippen molar-refractivity contribution < 1.29 is 4.79 Å². The molecule has 1 aromatic carbocycles. The zero-order valence-electron chi connectivity index (χ0n) is 11.6. The molecule has 0 saturated heterocycles. The van der Waals surface area contributed by atoms with E-state index in [2.05, 4.69) is 22.0 Å². The van der Waals surface area contributed by atoms with Crippen molar-refractivity contribution in [3.63, 3.8) is 0 Å². The fourth-order valence-corrected chi connectivity index (χ4v) is 4.00. The summed E-state index contributed by atoms with van der Waals surface area (Å²) in [7, 11) is 1.80. The zero-order valence-corrected chi connectivity index (χ0v) is 14.0. The minimum absolute atomic E-state index is 0.0552. The molecule has 21 heavy (non-hydrogen) atoms. The lowest BCUT2D eigenvalue weighted by Crippen LogP contribution is -2.45. The standard InChI is InChI=1S/C16H15BrN2OS/c1-19-15(20)12-7-3-5-9-14(12)18-16(19)21-10-11-6-2-4-8-13(11)17/h2-9,12,14H,10H2,1H3. The third kappa shape index (κ3) is 2.99. The molecule has 2 aliphatic rings. The van der Waals surface area contributed by atoms with E-state index in [1.54, 1.807) is 23.7 Å². The van der Waals surface area contributed by atoms with Gasteiger partial charge in [-0.3, -0.25) is 14.7 Å². The Morgan fingerprint density at radius 2 is 2.05 bits per heavy atom. The number of benzene rings is 1. The molecule has 2 unspecified atom stereocenters. The van der Waals surface area contributed by atoms with Gasteiger partial charge in [-0.1, -0.05) is 70.2 Å². The van der Waals surface area contributed by atoms with E-state index in [0.717, 1.165) is 15.4 Å². The Bertz CT molecular complexity index is 653. The van der Waals surface area contributed by atoms with Crippen LogP contribution >= 0.6 is 27.7 Å². The second-order valence-corrected chi connectivity index (χ2v) is 6.77. The summed E-state index contributed by atoms with van der Waals surface area (Å²) in [5, 5.41) is 0.789. The highest BCUT2D eigenvalue weighted by atomic mass is 79.9. The average molecular weight is 363 g/mol. The predicted molar refractivity (Wildman–Crippen MR) is 91.2 cm³/mol. The van der Waals surface area contributed by atoms with E-state index in [9.17, 15) is 4.79 Å². The Kier molecular flexibility index (Phi) is 4.31. The van der Waals surface area contributed by atoms with Crippen molar-refractivity contribution in [3.8, 4) is 0 Å². The smallest absolute Gasteiger partial charge is 0.237 e. The molecular formula is C16H15BrN2OS. The van der Waals surface area contributed by atoms with Crippen LogP contribution in [0.2, 0.25) is 0 Å². The summed E-state index contributed by atoms with van der Waals surface area (Å²) < 4.78 is 1.08. The molecule has 0 saturated carbocycles. The molecule has 1 heterocycles. The second kappa shape index (κ2) is 6.20. The van der Waals surface area contributed by atoms with Crippen LogP contribution < -0.4 is 0 Å². The predicted octanol–water partition coefficient (Wildman–Crippen LogP) is 3.62. The molecule has 1 aliphatic carbocycles. The summed E-state index contributed by atoms with van der Waals surface area (Å²) in [4.78, 5) is 18.8. The molecular weight excluding hydrogens is 348 g/mol. The van der Waals surface area contributed by atoms with Crippen LogP contribution in [0.3, 0.4) is 0 Å². The van der Waals surface area contributed by atoms with E-state index >= 15 is 0 Å². The van der Waals surface area contributed by atoms with Gasteiger partial charge < -0.3 is 0 Å². The fourth-order valence-electron chi connectivity index (χ4n) is 2.37. The number of thioether (sulfide) groups is 1. The molecule has 0 bridgehead atoms. The second-order valence-electron chi connectivity index (χ2n) is 4.98. The van der Waals surface area contributed by atoms with Crippen LogP contribution in [0, 0.1) is 5.92 Å². The number of hydrogen-bond donors (Lipinski definition) is 0. The van der Waals surface area contributed by atoms with Gasteiger partial charge >= 0.3 is 0 Å². The maximum absolute atomic E-state index is 12.4. The van der Waals surface area contributed by atoms with Crippen molar-refractivity contribution in [1.29, 1.82) is 0 Å². The van der Waals surface area contributed by atoms with Crippen LogP contribution in [0.15, 0.2) is 58.0 Å². The molecule has 1 aliphatic heterocycles. The number of carbonyl (C=O) groups excluding carboxylic acids is 1. The molecule has 3 rings (SSSR count). The van der Waals surface area contributed by atoms with Gasteiger partial charge in [0.25, 0.3) is 0 Å². The van der Waals surface area contributed by atoms with Gasteiger partial charge in [0, 0.05) is 17.3 Å². The normalized spacial score (nSPS) is 24.0. The molecule has 0 fully saturated rings. The summed E-state index contributed by atoms with van der Waals surface area (Å²) in [5.74, 6) is 0.757. The number of rotatable bonds is 2. The Morgan fingerprint density at radius 3 is 2.86 bits per heavy atom. The zero-order chi connectivity index (χ0) is 14.8. The lowest BCUT2D eigenvalue weighted by Gasteiger charge is -2.32. The summed E-state index contributed by atoms with van der Waals surface area (Å²) in [6, 6.07) is 8.06. The number of nitrogens with zero attached hydrogens (tertiary/aromatic N) is 2. The molecule has 0 spiro atoms. The first-order valence-electron chi connectivity index (χ1n) is 6.73. The van der Waals surface area contributed by atoms with Gasteiger partial charge in [-0.15, -0.1) is 0 Å². The maximum atomic E-state index is 12.4. The molecule has 0 aromatic heterocycles. The van der Waals surface area contributed by atoms with Gasteiger partial charge in [-0.05, 0) is 11.6 Å². The molecule has 108 valence electrons. The number of aliphatic imine (C=N–C) groups is 1. The Morgan fingerprint density at radius 1 is 1.29 bits per heavy atom. The number of allylic oxidation sites excluding steroid dienone is 2. The highest BCUT2D eigenvalue weighted by Crippen LogP contribution is 2.29. The van der Waals surface area contributed by atoms with Gasteiger partial charge in [-0.25, -0.2) is 0 Å². The number of amides is 1. The van der Waals surface area contributed by atoms with Gasteiger partial charge in [0.05, 0.1) is 12.0 Å². The number of fused-ring (bicyclic) bond motifs is 1. The Balaban J connectivity index is 1.77. The van der Waals surface area contributed by atoms with Crippen LogP contribution in [-0.4, -0.2) is 29.1 Å². The molecule has 0 N–H and O–H groups in total. The minimum atomic E-state index is -0.146. The molecule has 3 nitrogen and oxygen atoms in total. The first-order chi connectivity index (χ1) is 10.2. The lowest BCUT2D eigenvalue weighted by molar-refractivity contribution is -0.129. The first kappa shape index (κ1) is 14.6. The summed E-state index contributed by atoms with van der Waals surface area (Å²) in [6.07, 6.45) is 7.80. The fraction of sp³-hybridized carbons (Fsp3) is 0.250. The van der Waals surface area contributed by atoms with E-state index < -0.39 is 0 Å². The number of carbonyl (C=O) groups is 1. The minimum Gasteiger partial charge on any atom is -0.294 e. The number of amidine groups is 1. The van der Waals surface area contributed by atoms with Crippen LogP contribution in [0.5, 0.6) is 0 Å². The van der Waals surface area contributed by atoms with E-state index in [-0.39, 0.29) is 17.9 Å². The van der Waals surface area contributed by atoms with Crippen molar-refractivity contribution in [2.24, 2.45) is 10.9 Å². The largest absolute Gasteiger partial charge is 0.294 e. The highest BCUT2D eigenvalue weighted by molar-refractivity contribution is 9.10. The summed E-state index contributed by atoms with van der Waals surface area (Å²) >= 11 is 5.15. The Hall–Kier alpha value is -1.33. The first-order valence-corrected chi connectivity index (χ1v) is 8.51. The van der Waals surface area contributed by atoms with E-state index in [1.807, 2.05) is 42.5 Å². The maximum Gasteiger partial charge on any atom is 0.237 e. The van der Waals surface area contributed by atoms with Crippen molar-refractivity contribution in [2.45, 2.75) is 11.8 Å². The van der Waals surface area contributed by atoms with E-state index in [4.69, 9.17) is 4.99 Å². The lowest BCUT2D eigenvalue weighted by atomic mass is 9.93. The number of hydrogen-bond acceptors (Lipinski definition) is 3. The SMILES string of the molecule is CN1C(=O)C2C=CC=CC2N=C1SCc1ccccc1Br. The van der Waals surface area contributed by atoms with Gasteiger partial charge in [0.2, 0.25) is 5.91 Å². The topological polar surface area (TPSA) is 32.7 Å². The van der Waals surface area contributed by atoms with Crippen molar-refractivity contribution in [1.82, 2.24) is 4.90 Å². The average Bonchev–Trinajstić information content (AvgIpc) is 2.51. The van der Waals surface area contributed by atoms with Crippen LogP contribution in [0.4, 0.5) is 0 Å². The molecule has 5 heteroatoms. The van der Waals surface area contributed by atoms with Gasteiger partial charge in [0.1, 0.15) is 0 Å². The third-order valence-corrected chi connectivity index (χ3v) is 5.45. The van der Waals surface area contributed by atoms with E-state index in [0.29, 0.717) is 0 Å². The molecule has 1 aromatic rings. The van der Waals surface area contributed by atoms with Crippen molar-refractivity contribution in [2.75, 3.05) is 7.05 Å². The van der Waals surface area contributed by atoms with E-state index in [1.165, 1.54) is 5.56 Å². The van der Waals surface area contributed by atoms with Gasteiger partial charge in [0.15, 0.2) is 5.17 Å². The summed E-state index contributed by atoms with van der Waals surface area (Å²) in [5.41, 5.74) is 1.20. The third-order valence-electron chi connectivity index (χ3n) is 3.58. The number of halogens is 1. The quantitative estimate of drug-likeness (QED) is 0.804. The molecule has 2 atom stereocenters. The van der Waals surface area contributed by atoms with Crippen LogP contribution in [0.25, 0.3) is 0 Å². The summed E-state index contributed by atoms with van der Waals surface area (Å²) in [6.45, 7) is 0. The van der Waals surface area contributed by atoms with Crippen LogP contribution in [-0.2, 0) is 10.5 Å². The van der Waals surface area contributed by atoms with Crippen molar-refractivity contribution >= 4 is 38.8 Å². The molecule has 0 radical (unpaired) electrons. The van der Waals surface area contributed by atoms with Gasteiger partial charge in [-0.2, -0.15) is 0 Å². The molecule has 1 amide bonds. The Labute approximate surface area is 136 Å². The highest BCUT2D eigenvalue weighted by Gasteiger charge is 2.34. The monoisotopic (exact) mass is 362 g/mol.